The summed E-state index contributed by atoms with van der Waals surface area (Å²) in [7, 11) is 3.00. The zero-order valence-electron chi connectivity index (χ0n) is 26.1. The number of nitrogens with one attached hydrogen (secondary N) is 4. The summed E-state index contributed by atoms with van der Waals surface area (Å²) in [4.78, 5) is 26.3. The minimum atomic E-state index is -0.0851. The summed E-state index contributed by atoms with van der Waals surface area (Å²) in [6, 6.07) is 1.31. The van der Waals surface area contributed by atoms with Gasteiger partial charge in [-0.2, -0.15) is 0 Å². The van der Waals surface area contributed by atoms with Gasteiger partial charge >= 0.3 is 0 Å². The van der Waals surface area contributed by atoms with Gasteiger partial charge in [0.1, 0.15) is 5.82 Å². The van der Waals surface area contributed by atoms with Crippen molar-refractivity contribution in [1.82, 2.24) is 35.5 Å². The summed E-state index contributed by atoms with van der Waals surface area (Å²) in [6.45, 7) is 5.49. The molecular weight excluding hydrogens is 541 g/mol. The number of hydrogen-bond donors (Lipinski definition) is 4. The third-order valence-corrected chi connectivity index (χ3v) is 10.9. The van der Waals surface area contributed by atoms with Gasteiger partial charge in [0.2, 0.25) is 5.91 Å². The zero-order chi connectivity index (χ0) is 29.3. The number of aromatic amines is 1. The molecule has 1 amide bonds. The number of piperidine rings is 1. The molecule has 4 heterocycles. The first-order chi connectivity index (χ1) is 20.5. The van der Waals surface area contributed by atoms with Gasteiger partial charge in [0, 0.05) is 48.3 Å². The molecule has 9 heteroatoms. The van der Waals surface area contributed by atoms with Gasteiger partial charge in [-0.3, -0.25) is 4.79 Å². The molecule has 0 spiro atoms. The Balaban J connectivity index is 0.000000652. The second-order valence-electron chi connectivity index (χ2n) is 13.4. The summed E-state index contributed by atoms with van der Waals surface area (Å²) in [5.41, 5.74) is 1.93. The van der Waals surface area contributed by atoms with Crippen LogP contribution >= 0.6 is 9.24 Å². The largest absolute Gasteiger partial charge is 0.345 e. The van der Waals surface area contributed by atoms with Gasteiger partial charge < -0.3 is 25.5 Å². The molecule has 6 rings (SSSR count). The molecule has 2 aromatic rings. The van der Waals surface area contributed by atoms with Crippen molar-refractivity contribution >= 4 is 15.1 Å². The van der Waals surface area contributed by atoms with Crippen molar-refractivity contribution < 1.29 is 4.79 Å². The molecule has 6 unspecified atom stereocenters. The minimum Gasteiger partial charge on any atom is -0.345 e. The number of carbonyl (C=O) groups excluding carboxylic acids is 1. The maximum absolute atomic E-state index is 13.5. The van der Waals surface area contributed by atoms with E-state index in [0.29, 0.717) is 35.6 Å². The number of hydrogen-bond acceptors (Lipinski definition) is 5. The summed E-state index contributed by atoms with van der Waals surface area (Å²) in [5.74, 6) is 2.20. The van der Waals surface area contributed by atoms with Crippen LogP contribution in [-0.4, -0.2) is 55.8 Å². The molecule has 42 heavy (non-hydrogen) atoms. The number of imidazole rings is 2. The normalized spacial score (nSPS) is 31.9. The van der Waals surface area contributed by atoms with E-state index in [4.69, 9.17) is 4.98 Å². The predicted octanol–water partition coefficient (Wildman–Crippen LogP) is 6.17. The summed E-state index contributed by atoms with van der Waals surface area (Å²) >= 11 is 0. The number of rotatable bonds is 9. The van der Waals surface area contributed by atoms with E-state index >= 15 is 0 Å². The van der Waals surface area contributed by atoms with Gasteiger partial charge in [0.15, 0.2) is 0 Å². The monoisotopic (exact) mass is 597 g/mol. The van der Waals surface area contributed by atoms with Gasteiger partial charge in [-0.25, -0.2) is 9.97 Å². The lowest BCUT2D eigenvalue weighted by atomic mass is 9.84. The van der Waals surface area contributed by atoms with Crippen LogP contribution in [0.15, 0.2) is 24.9 Å². The first-order valence-electron chi connectivity index (χ1n) is 17.1. The number of fused-ring (bicyclic) bond motifs is 1. The first-order valence-corrected chi connectivity index (χ1v) is 17.8. The maximum atomic E-state index is 13.5. The first kappa shape index (κ1) is 31.7. The predicted molar refractivity (Wildman–Crippen MR) is 174 cm³/mol. The molecule has 8 nitrogen and oxygen atoms in total. The third-order valence-electron chi connectivity index (χ3n) is 10.3. The van der Waals surface area contributed by atoms with E-state index in [1.807, 2.05) is 18.7 Å². The standard InChI is InChI=1S/C28H44N7OP.C5H12/c36-28(25-14-19-13-22(37)8-9-23(19)32-25)34-24(15-20-3-1-2-10-30-20)27-31-16-26(33-27)18-4-6-21(7-5-18)35-12-11-29-17-35;1-3-5-4-2/h11-12,16-25,30,32H,1-10,13-15,37H2,(H,31,33)(H,34,36);3-5H2,1-2H3/t18?,19?,20?,21?,22?,23?,24-,25?;/m0./s1. The highest BCUT2D eigenvalue weighted by molar-refractivity contribution is 7.17. The Bertz CT molecular complexity index is 1060. The highest BCUT2D eigenvalue weighted by Gasteiger charge is 2.40. The van der Waals surface area contributed by atoms with Crippen molar-refractivity contribution in [3.63, 3.8) is 0 Å². The van der Waals surface area contributed by atoms with Crippen molar-refractivity contribution in [1.29, 1.82) is 0 Å². The molecule has 4 fully saturated rings. The quantitative estimate of drug-likeness (QED) is 0.259. The Hall–Kier alpha value is -1.76. The molecule has 4 N–H and O–H groups in total. The Morgan fingerprint density at radius 2 is 1.93 bits per heavy atom. The van der Waals surface area contributed by atoms with Crippen LogP contribution in [0, 0.1) is 5.92 Å². The van der Waals surface area contributed by atoms with Gasteiger partial charge in [-0.15, -0.1) is 9.24 Å². The number of unbranched alkanes of at least 4 members (excludes halogenated alkanes) is 2. The van der Waals surface area contributed by atoms with Gasteiger partial charge in [-0.1, -0.05) is 39.5 Å². The van der Waals surface area contributed by atoms with Crippen molar-refractivity contribution in [2.24, 2.45) is 5.92 Å². The lowest BCUT2D eigenvalue weighted by Crippen LogP contribution is -2.46. The van der Waals surface area contributed by atoms with Crippen molar-refractivity contribution in [3.05, 3.63) is 36.4 Å². The highest BCUT2D eigenvalue weighted by atomic mass is 31.0. The Labute approximate surface area is 256 Å². The fourth-order valence-corrected chi connectivity index (χ4v) is 8.32. The number of H-pyrrole nitrogens is 1. The average molecular weight is 598 g/mol. The topological polar surface area (TPSA) is 99.7 Å². The molecular formula is C33H56N7OP. The van der Waals surface area contributed by atoms with Gasteiger partial charge in [0.25, 0.3) is 0 Å². The van der Waals surface area contributed by atoms with Gasteiger partial charge in [0.05, 0.1) is 18.4 Å². The summed E-state index contributed by atoms with van der Waals surface area (Å²) < 4.78 is 2.25. The van der Waals surface area contributed by atoms with Crippen LogP contribution in [0.2, 0.25) is 0 Å². The smallest absolute Gasteiger partial charge is 0.237 e. The van der Waals surface area contributed by atoms with E-state index in [-0.39, 0.29) is 18.0 Å². The summed E-state index contributed by atoms with van der Waals surface area (Å²) in [6.07, 6.45) is 25.8. The second-order valence-corrected chi connectivity index (χ2v) is 14.4. The molecule has 2 saturated heterocycles. The summed E-state index contributed by atoms with van der Waals surface area (Å²) in [5, 5.41) is 10.8. The number of nitrogens with zero attached hydrogens (tertiary/aromatic N) is 3. The SMILES string of the molecule is CCCCC.O=C(N[C@@H](CC1CCCCN1)c1ncc(C2CCC(n3ccnc3)CC2)[nH]1)C1CC2CC(P)CCC2N1. The van der Waals surface area contributed by atoms with Crippen LogP contribution in [0.3, 0.4) is 0 Å². The molecule has 0 aromatic carbocycles. The molecule has 7 atom stereocenters. The van der Waals surface area contributed by atoms with E-state index in [0.717, 1.165) is 50.9 Å². The lowest BCUT2D eigenvalue weighted by molar-refractivity contribution is -0.123. The molecule has 2 aromatic heterocycles. The molecule has 2 saturated carbocycles. The number of amides is 1. The van der Waals surface area contributed by atoms with Gasteiger partial charge in [-0.05, 0) is 88.8 Å². The zero-order valence-corrected chi connectivity index (χ0v) is 27.2. The van der Waals surface area contributed by atoms with Crippen LogP contribution in [0.25, 0.3) is 0 Å². The second kappa shape index (κ2) is 15.8. The number of aromatic nitrogens is 4. The number of carbonyl (C=O) groups is 1. The van der Waals surface area contributed by atoms with E-state index in [9.17, 15) is 4.79 Å². The minimum absolute atomic E-state index is 0.0833. The van der Waals surface area contributed by atoms with Crippen molar-refractivity contribution in [3.8, 4) is 0 Å². The Morgan fingerprint density at radius 1 is 1.10 bits per heavy atom. The molecule has 0 bridgehead atoms. The van der Waals surface area contributed by atoms with Crippen molar-refractivity contribution in [2.75, 3.05) is 6.54 Å². The van der Waals surface area contributed by atoms with E-state index < -0.39 is 0 Å². The fourth-order valence-electron chi connectivity index (χ4n) is 7.77. The van der Waals surface area contributed by atoms with E-state index in [1.165, 1.54) is 63.5 Å². The van der Waals surface area contributed by atoms with E-state index in [2.05, 4.69) is 59.8 Å². The van der Waals surface area contributed by atoms with Crippen LogP contribution in [0.4, 0.5) is 0 Å². The third kappa shape index (κ3) is 8.45. The molecule has 2 aliphatic heterocycles. The molecule has 0 radical (unpaired) electrons. The molecule has 234 valence electrons. The fraction of sp³-hybridized carbons (Fsp3) is 0.788. The highest BCUT2D eigenvalue weighted by Crippen LogP contribution is 2.38. The molecule has 2 aliphatic carbocycles. The Kier molecular flexibility index (Phi) is 11.9. The lowest BCUT2D eigenvalue weighted by Gasteiger charge is -2.29. The Morgan fingerprint density at radius 3 is 2.62 bits per heavy atom. The average Bonchev–Trinajstić information content (AvgIpc) is 3.80. The van der Waals surface area contributed by atoms with Crippen LogP contribution < -0.4 is 16.0 Å². The van der Waals surface area contributed by atoms with Crippen LogP contribution in [-0.2, 0) is 4.79 Å². The van der Waals surface area contributed by atoms with Crippen molar-refractivity contribution in [2.45, 2.75) is 152 Å². The molecule has 4 aliphatic rings. The van der Waals surface area contributed by atoms with Crippen LogP contribution in [0.1, 0.15) is 140 Å². The maximum Gasteiger partial charge on any atom is 0.237 e. The van der Waals surface area contributed by atoms with Crippen LogP contribution in [0.5, 0.6) is 0 Å². The van der Waals surface area contributed by atoms with E-state index in [1.54, 1.807) is 0 Å².